The van der Waals surface area contributed by atoms with Gasteiger partial charge in [0.25, 0.3) is 0 Å². The lowest BCUT2D eigenvalue weighted by atomic mass is 9.98. The van der Waals surface area contributed by atoms with Crippen LogP contribution in [-0.2, 0) is 12.2 Å². The lowest BCUT2D eigenvalue weighted by molar-refractivity contribution is -0.174. The van der Waals surface area contributed by atoms with E-state index < -0.39 is 5.79 Å². The minimum absolute atomic E-state index is 0.249. The second kappa shape index (κ2) is 5.53. The van der Waals surface area contributed by atoms with Crippen molar-refractivity contribution in [1.82, 2.24) is 0 Å². The molecule has 0 heterocycles. The first-order valence-electron chi connectivity index (χ1n) is 5.83. The standard InChI is InChI=1S/C15H15ClO2/c16-14-8-6-12(7-9-14)10-11-15(17,18)13-4-2-1-3-5-13/h1-9,17-18H,10-11H2. The maximum Gasteiger partial charge on any atom is 0.190 e. The normalized spacial score (nSPS) is 11.5. The van der Waals surface area contributed by atoms with E-state index in [1.54, 1.807) is 36.4 Å². The van der Waals surface area contributed by atoms with Crippen LogP contribution in [-0.4, -0.2) is 10.2 Å². The van der Waals surface area contributed by atoms with Crippen LogP contribution in [0.25, 0.3) is 0 Å². The van der Waals surface area contributed by atoms with Crippen LogP contribution in [0.2, 0.25) is 5.02 Å². The summed E-state index contributed by atoms with van der Waals surface area (Å²) in [6.45, 7) is 0. The number of halogens is 1. The van der Waals surface area contributed by atoms with Gasteiger partial charge in [-0.3, -0.25) is 0 Å². The van der Waals surface area contributed by atoms with E-state index in [0.29, 0.717) is 17.0 Å². The van der Waals surface area contributed by atoms with E-state index in [-0.39, 0.29) is 6.42 Å². The van der Waals surface area contributed by atoms with Crippen LogP contribution in [0.1, 0.15) is 17.5 Å². The third kappa shape index (κ3) is 3.33. The highest BCUT2D eigenvalue weighted by Crippen LogP contribution is 2.23. The molecule has 0 bridgehead atoms. The second-order valence-corrected chi connectivity index (χ2v) is 4.75. The third-order valence-corrected chi connectivity index (χ3v) is 3.16. The Morgan fingerprint density at radius 1 is 0.889 bits per heavy atom. The van der Waals surface area contributed by atoms with Gasteiger partial charge < -0.3 is 10.2 Å². The van der Waals surface area contributed by atoms with Crippen molar-refractivity contribution in [2.45, 2.75) is 18.6 Å². The van der Waals surface area contributed by atoms with E-state index in [4.69, 9.17) is 11.6 Å². The van der Waals surface area contributed by atoms with Gasteiger partial charge in [-0.2, -0.15) is 0 Å². The van der Waals surface area contributed by atoms with Crippen molar-refractivity contribution >= 4 is 11.6 Å². The van der Waals surface area contributed by atoms with Crippen molar-refractivity contribution in [2.24, 2.45) is 0 Å². The zero-order valence-electron chi connectivity index (χ0n) is 9.88. The van der Waals surface area contributed by atoms with Crippen LogP contribution < -0.4 is 0 Å². The molecule has 0 unspecified atom stereocenters. The minimum atomic E-state index is -1.79. The summed E-state index contributed by atoms with van der Waals surface area (Å²) < 4.78 is 0. The predicted molar refractivity (Wildman–Crippen MR) is 72.3 cm³/mol. The first kappa shape index (κ1) is 13.1. The number of rotatable bonds is 4. The average molecular weight is 263 g/mol. The van der Waals surface area contributed by atoms with E-state index in [0.717, 1.165) is 5.56 Å². The predicted octanol–water partition coefficient (Wildman–Crippen LogP) is 3.11. The van der Waals surface area contributed by atoms with Crippen LogP contribution in [0, 0.1) is 0 Å². The Hall–Kier alpha value is -1.35. The van der Waals surface area contributed by atoms with Gasteiger partial charge >= 0.3 is 0 Å². The van der Waals surface area contributed by atoms with Gasteiger partial charge in [0, 0.05) is 17.0 Å². The van der Waals surface area contributed by atoms with Crippen molar-refractivity contribution in [3.8, 4) is 0 Å². The van der Waals surface area contributed by atoms with Gasteiger partial charge in [-0.25, -0.2) is 0 Å². The number of aryl methyl sites for hydroxylation is 1. The zero-order valence-corrected chi connectivity index (χ0v) is 10.6. The molecule has 94 valence electrons. The fourth-order valence-electron chi connectivity index (χ4n) is 1.82. The molecule has 0 aliphatic heterocycles. The number of hydrogen-bond acceptors (Lipinski definition) is 2. The van der Waals surface area contributed by atoms with Crippen molar-refractivity contribution in [3.05, 3.63) is 70.7 Å². The van der Waals surface area contributed by atoms with Crippen molar-refractivity contribution in [3.63, 3.8) is 0 Å². The van der Waals surface area contributed by atoms with Gasteiger partial charge in [-0.1, -0.05) is 54.1 Å². The lowest BCUT2D eigenvalue weighted by Gasteiger charge is -2.22. The Morgan fingerprint density at radius 3 is 2.11 bits per heavy atom. The minimum Gasteiger partial charge on any atom is -0.362 e. The van der Waals surface area contributed by atoms with Crippen LogP contribution in [0.4, 0.5) is 0 Å². The number of benzene rings is 2. The second-order valence-electron chi connectivity index (χ2n) is 4.31. The highest BCUT2D eigenvalue weighted by molar-refractivity contribution is 6.30. The first-order chi connectivity index (χ1) is 8.58. The molecular formula is C15H15ClO2. The molecule has 18 heavy (non-hydrogen) atoms. The number of aliphatic hydroxyl groups is 2. The summed E-state index contributed by atoms with van der Waals surface area (Å²) in [6.07, 6.45) is 0.831. The molecule has 2 aromatic rings. The third-order valence-electron chi connectivity index (χ3n) is 2.91. The highest BCUT2D eigenvalue weighted by atomic mass is 35.5. The topological polar surface area (TPSA) is 40.5 Å². The Morgan fingerprint density at radius 2 is 1.50 bits per heavy atom. The Bertz CT molecular complexity index is 492. The lowest BCUT2D eigenvalue weighted by Crippen LogP contribution is -2.25. The molecule has 3 heteroatoms. The molecule has 0 radical (unpaired) electrons. The van der Waals surface area contributed by atoms with Gasteiger partial charge in [0.05, 0.1) is 0 Å². The monoisotopic (exact) mass is 262 g/mol. The quantitative estimate of drug-likeness (QED) is 0.832. The molecule has 0 aromatic heterocycles. The summed E-state index contributed by atoms with van der Waals surface area (Å²) in [6, 6.07) is 16.2. The van der Waals surface area contributed by atoms with E-state index in [2.05, 4.69) is 0 Å². The maximum absolute atomic E-state index is 10.0. The van der Waals surface area contributed by atoms with E-state index in [1.807, 2.05) is 18.2 Å². The maximum atomic E-state index is 10.0. The summed E-state index contributed by atoms with van der Waals surface area (Å²) in [4.78, 5) is 0. The van der Waals surface area contributed by atoms with Crippen molar-refractivity contribution < 1.29 is 10.2 Å². The summed E-state index contributed by atoms with van der Waals surface area (Å²) in [5.74, 6) is -1.79. The molecule has 0 saturated heterocycles. The van der Waals surface area contributed by atoms with E-state index in [9.17, 15) is 10.2 Å². The molecule has 0 atom stereocenters. The molecule has 0 fully saturated rings. The molecule has 2 N–H and O–H groups in total. The Balaban J connectivity index is 2.03. The average Bonchev–Trinajstić information content (AvgIpc) is 2.39. The van der Waals surface area contributed by atoms with Gasteiger partial charge in [0.15, 0.2) is 5.79 Å². The fraction of sp³-hybridized carbons (Fsp3) is 0.200. The van der Waals surface area contributed by atoms with Gasteiger partial charge in [-0.05, 0) is 24.1 Å². The van der Waals surface area contributed by atoms with E-state index >= 15 is 0 Å². The molecule has 2 rings (SSSR count). The van der Waals surface area contributed by atoms with Crippen molar-refractivity contribution in [1.29, 1.82) is 0 Å². The molecular weight excluding hydrogens is 248 g/mol. The van der Waals surface area contributed by atoms with Crippen LogP contribution in [0.5, 0.6) is 0 Å². The summed E-state index contributed by atoms with van der Waals surface area (Å²) >= 11 is 5.80. The summed E-state index contributed by atoms with van der Waals surface area (Å²) in [5.41, 5.74) is 1.54. The Labute approximate surface area is 111 Å². The first-order valence-corrected chi connectivity index (χ1v) is 6.20. The molecule has 0 aliphatic carbocycles. The van der Waals surface area contributed by atoms with Gasteiger partial charge in [0.2, 0.25) is 0 Å². The smallest absolute Gasteiger partial charge is 0.190 e. The Kier molecular flexibility index (Phi) is 4.02. The summed E-state index contributed by atoms with van der Waals surface area (Å²) in [5, 5.41) is 20.7. The molecule has 2 aromatic carbocycles. The fourth-order valence-corrected chi connectivity index (χ4v) is 1.95. The molecule has 2 nitrogen and oxygen atoms in total. The van der Waals surface area contributed by atoms with Crippen LogP contribution in [0.15, 0.2) is 54.6 Å². The summed E-state index contributed by atoms with van der Waals surface area (Å²) in [7, 11) is 0. The van der Waals surface area contributed by atoms with Crippen molar-refractivity contribution in [2.75, 3.05) is 0 Å². The molecule has 0 aliphatic rings. The highest BCUT2D eigenvalue weighted by Gasteiger charge is 2.24. The SMILES string of the molecule is OC(O)(CCc1ccc(Cl)cc1)c1ccccc1. The van der Waals surface area contributed by atoms with Crippen LogP contribution >= 0.6 is 11.6 Å². The molecule has 0 spiro atoms. The number of hydrogen-bond donors (Lipinski definition) is 2. The molecule has 0 saturated carbocycles. The van der Waals surface area contributed by atoms with E-state index in [1.165, 1.54) is 0 Å². The molecule has 0 amide bonds. The zero-order chi connectivity index (χ0) is 13.0. The largest absolute Gasteiger partial charge is 0.362 e. The van der Waals surface area contributed by atoms with Gasteiger partial charge in [0.1, 0.15) is 0 Å². The van der Waals surface area contributed by atoms with Crippen LogP contribution in [0.3, 0.4) is 0 Å². The van der Waals surface area contributed by atoms with Gasteiger partial charge in [-0.15, -0.1) is 0 Å².